The van der Waals surface area contributed by atoms with Gasteiger partial charge < -0.3 is 5.73 Å². The van der Waals surface area contributed by atoms with Crippen molar-refractivity contribution in [1.29, 1.82) is 0 Å². The van der Waals surface area contributed by atoms with Gasteiger partial charge in [-0.2, -0.15) is 0 Å². The Morgan fingerprint density at radius 2 is 2.08 bits per heavy atom. The molecule has 0 bridgehead atoms. The molecule has 6 heteroatoms. The summed E-state index contributed by atoms with van der Waals surface area (Å²) >= 11 is 5.41. The van der Waals surface area contributed by atoms with Crippen LogP contribution in [0.1, 0.15) is 19.3 Å². The predicted octanol–water partition coefficient (Wildman–Crippen LogP) is -0.0714. The van der Waals surface area contributed by atoms with E-state index in [1.165, 1.54) is 0 Å². The third kappa shape index (κ3) is 9.10. The van der Waals surface area contributed by atoms with E-state index in [4.69, 9.17) is 17.3 Å². The Hall–Kier alpha value is -0.810. The van der Waals surface area contributed by atoms with Crippen LogP contribution in [-0.2, 0) is 14.4 Å². The number of hydrogen-bond donors (Lipinski definition) is 2. The largest absolute Gasteiger partial charge is 0.368 e. The zero-order chi connectivity index (χ0) is 10.1. The minimum Gasteiger partial charge on any atom is -0.368 e. The number of rotatable bonds is 7. The van der Waals surface area contributed by atoms with E-state index in [0.29, 0.717) is 18.7 Å². The average molecular weight is 209 g/mol. The summed E-state index contributed by atoms with van der Waals surface area (Å²) in [4.78, 5) is 25.5. The summed E-state index contributed by atoms with van der Waals surface area (Å²) in [7, 11) is 0. The van der Waals surface area contributed by atoms with E-state index in [1.807, 2.05) is 0 Å². The molecule has 0 spiro atoms. The molecule has 0 aliphatic heterocycles. The van der Waals surface area contributed by atoms with Gasteiger partial charge in [-0.15, -0.1) is 11.6 Å². The summed E-state index contributed by atoms with van der Waals surface area (Å²) in [5.74, 6) is -0.359. The van der Waals surface area contributed by atoms with Gasteiger partial charge in [-0.25, -0.2) is 5.48 Å². The SMILES string of the molecule is NC(=O)CONC(=O)CCCCCl. The molecule has 0 atom stereocenters. The number of carbonyl (C=O) groups is 2. The molecule has 13 heavy (non-hydrogen) atoms. The van der Waals surface area contributed by atoms with Crippen LogP contribution in [0.25, 0.3) is 0 Å². The third-order valence-corrected chi connectivity index (χ3v) is 1.46. The summed E-state index contributed by atoms with van der Waals surface area (Å²) in [6.07, 6.45) is 1.82. The first-order valence-corrected chi connectivity index (χ1v) is 4.45. The molecule has 0 heterocycles. The quantitative estimate of drug-likeness (QED) is 0.349. The van der Waals surface area contributed by atoms with E-state index >= 15 is 0 Å². The first kappa shape index (κ1) is 12.2. The summed E-state index contributed by atoms with van der Waals surface area (Å²) in [5.41, 5.74) is 6.86. The Bertz CT molecular complexity index is 175. The molecule has 0 aromatic carbocycles. The molecule has 0 rings (SSSR count). The van der Waals surface area contributed by atoms with Crippen molar-refractivity contribution in [2.75, 3.05) is 12.5 Å². The van der Waals surface area contributed by atoms with Crippen LogP contribution < -0.4 is 11.2 Å². The summed E-state index contributed by atoms with van der Waals surface area (Å²) in [6.45, 7) is -0.304. The number of unbranched alkanes of at least 4 members (excludes halogenated alkanes) is 1. The van der Waals surface area contributed by atoms with Crippen molar-refractivity contribution in [2.45, 2.75) is 19.3 Å². The molecule has 2 amide bonds. The lowest BCUT2D eigenvalue weighted by molar-refractivity contribution is -0.138. The van der Waals surface area contributed by atoms with Crippen molar-refractivity contribution in [3.63, 3.8) is 0 Å². The molecule has 5 nitrogen and oxygen atoms in total. The van der Waals surface area contributed by atoms with Crippen molar-refractivity contribution >= 4 is 23.4 Å². The lowest BCUT2D eigenvalue weighted by Gasteiger charge is -2.02. The normalized spacial score (nSPS) is 9.62. The molecule has 76 valence electrons. The van der Waals surface area contributed by atoms with E-state index in [0.717, 1.165) is 6.42 Å². The smallest absolute Gasteiger partial charge is 0.246 e. The van der Waals surface area contributed by atoms with Crippen molar-refractivity contribution < 1.29 is 14.4 Å². The molecule has 0 saturated heterocycles. The van der Waals surface area contributed by atoms with E-state index in [-0.39, 0.29) is 12.5 Å². The Kier molecular flexibility index (Phi) is 7.33. The van der Waals surface area contributed by atoms with Gasteiger partial charge in [0.2, 0.25) is 11.8 Å². The van der Waals surface area contributed by atoms with Gasteiger partial charge in [-0.1, -0.05) is 0 Å². The fourth-order valence-electron chi connectivity index (χ4n) is 0.619. The number of amides is 2. The van der Waals surface area contributed by atoms with Gasteiger partial charge in [0.1, 0.15) is 0 Å². The molecular weight excluding hydrogens is 196 g/mol. The second kappa shape index (κ2) is 7.82. The fraction of sp³-hybridized carbons (Fsp3) is 0.714. The van der Waals surface area contributed by atoms with Gasteiger partial charge in [0, 0.05) is 12.3 Å². The number of nitrogens with two attached hydrogens (primary N) is 1. The van der Waals surface area contributed by atoms with Gasteiger partial charge >= 0.3 is 0 Å². The van der Waals surface area contributed by atoms with Gasteiger partial charge in [-0.3, -0.25) is 14.4 Å². The molecule has 3 N–H and O–H groups in total. The number of hydroxylamine groups is 1. The number of carbonyl (C=O) groups excluding carboxylic acids is 2. The Morgan fingerprint density at radius 3 is 2.62 bits per heavy atom. The molecule has 0 aromatic heterocycles. The molecule has 0 radical (unpaired) electrons. The highest BCUT2D eigenvalue weighted by Crippen LogP contribution is 1.96. The number of hydrogen-bond acceptors (Lipinski definition) is 3. The number of alkyl halides is 1. The number of primary amides is 1. The second-order valence-electron chi connectivity index (χ2n) is 2.43. The van der Waals surface area contributed by atoms with Crippen molar-refractivity contribution in [3.8, 4) is 0 Å². The predicted molar refractivity (Wildman–Crippen MR) is 47.9 cm³/mol. The van der Waals surface area contributed by atoms with Crippen LogP contribution in [0, 0.1) is 0 Å². The highest BCUT2D eigenvalue weighted by molar-refractivity contribution is 6.17. The monoisotopic (exact) mass is 208 g/mol. The maximum atomic E-state index is 10.9. The van der Waals surface area contributed by atoms with Gasteiger partial charge in [0.05, 0.1) is 0 Å². The van der Waals surface area contributed by atoms with Crippen LogP contribution >= 0.6 is 11.6 Å². The average Bonchev–Trinajstić information content (AvgIpc) is 2.04. The Morgan fingerprint density at radius 1 is 1.38 bits per heavy atom. The number of nitrogens with one attached hydrogen (secondary N) is 1. The van der Waals surface area contributed by atoms with Crippen LogP contribution in [0.15, 0.2) is 0 Å². The van der Waals surface area contributed by atoms with E-state index in [2.05, 4.69) is 10.3 Å². The zero-order valence-electron chi connectivity index (χ0n) is 7.22. The van der Waals surface area contributed by atoms with Gasteiger partial charge in [0.25, 0.3) is 0 Å². The lowest BCUT2D eigenvalue weighted by atomic mass is 10.2. The maximum Gasteiger partial charge on any atom is 0.246 e. The molecule has 0 aliphatic rings. The van der Waals surface area contributed by atoms with Crippen molar-refractivity contribution in [1.82, 2.24) is 5.48 Å². The molecular formula is C7H13ClN2O3. The van der Waals surface area contributed by atoms with E-state index in [1.54, 1.807) is 0 Å². The minimum absolute atomic E-state index is 0.272. The van der Waals surface area contributed by atoms with E-state index < -0.39 is 5.91 Å². The topological polar surface area (TPSA) is 81.4 Å². The van der Waals surface area contributed by atoms with Crippen molar-refractivity contribution in [2.24, 2.45) is 5.73 Å². The van der Waals surface area contributed by atoms with Crippen molar-refractivity contribution in [3.05, 3.63) is 0 Å². The summed E-state index contributed by atoms with van der Waals surface area (Å²) in [5, 5.41) is 0. The Labute approximate surface area is 81.5 Å². The molecule has 0 aromatic rings. The highest BCUT2D eigenvalue weighted by atomic mass is 35.5. The second-order valence-corrected chi connectivity index (χ2v) is 2.80. The van der Waals surface area contributed by atoms with Gasteiger partial charge in [0.15, 0.2) is 6.61 Å². The molecule has 0 unspecified atom stereocenters. The molecule has 0 saturated carbocycles. The molecule has 0 aliphatic carbocycles. The Balaban J connectivity index is 3.25. The van der Waals surface area contributed by atoms with Crippen LogP contribution in [0.5, 0.6) is 0 Å². The lowest BCUT2D eigenvalue weighted by Crippen LogP contribution is -2.29. The molecule has 0 fully saturated rings. The van der Waals surface area contributed by atoms with E-state index in [9.17, 15) is 9.59 Å². The first-order valence-electron chi connectivity index (χ1n) is 3.91. The standard InChI is InChI=1S/C7H13ClN2O3/c8-4-2-1-3-7(12)10-13-5-6(9)11/h1-5H2,(H2,9,11)(H,10,12). The van der Waals surface area contributed by atoms with Crippen LogP contribution in [0.3, 0.4) is 0 Å². The van der Waals surface area contributed by atoms with Crippen LogP contribution in [-0.4, -0.2) is 24.3 Å². The van der Waals surface area contributed by atoms with Gasteiger partial charge in [-0.05, 0) is 12.8 Å². The first-order chi connectivity index (χ1) is 6.16. The highest BCUT2D eigenvalue weighted by Gasteiger charge is 2.01. The van der Waals surface area contributed by atoms with Crippen LogP contribution in [0.2, 0.25) is 0 Å². The minimum atomic E-state index is -0.624. The summed E-state index contributed by atoms with van der Waals surface area (Å²) in [6, 6.07) is 0. The van der Waals surface area contributed by atoms with Crippen LogP contribution in [0.4, 0.5) is 0 Å². The zero-order valence-corrected chi connectivity index (χ0v) is 7.97. The number of halogens is 1. The summed E-state index contributed by atoms with van der Waals surface area (Å²) < 4.78 is 0. The fourth-order valence-corrected chi connectivity index (χ4v) is 0.808. The maximum absolute atomic E-state index is 10.9. The third-order valence-electron chi connectivity index (χ3n) is 1.19.